The molecule has 1 N–H and O–H groups in total. The zero-order valence-electron chi connectivity index (χ0n) is 19.5. The zero-order chi connectivity index (χ0) is 24.1. The number of hydrogen-bond donors (Lipinski definition) is 1. The van der Waals surface area contributed by atoms with Gasteiger partial charge in [0, 0.05) is 19.5 Å². The lowest BCUT2D eigenvalue weighted by Crippen LogP contribution is -2.42. The molecule has 1 aliphatic rings. The summed E-state index contributed by atoms with van der Waals surface area (Å²) in [5.74, 6) is 0.591. The Bertz CT molecular complexity index is 1240. The molecule has 3 aromatic rings. The molecule has 0 aromatic heterocycles. The van der Waals surface area contributed by atoms with Crippen molar-refractivity contribution in [2.45, 2.75) is 44.2 Å². The largest absolute Gasteiger partial charge is 0.494 e. The van der Waals surface area contributed by atoms with E-state index in [1.807, 2.05) is 62.4 Å². The second-order valence-corrected chi connectivity index (χ2v) is 10.3. The summed E-state index contributed by atoms with van der Waals surface area (Å²) in [6.45, 7) is 5.15. The van der Waals surface area contributed by atoms with Gasteiger partial charge in [-0.05, 0) is 61.2 Å². The van der Waals surface area contributed by atoms with Gasteiger partial charge in [-0.15, -0.1) is 0 Å². The Kier molecular flexibility index (Phi) is 7.34. The lowest BCUT2D eigenvalue weighted by Gasteiger charge is -2.36. The van der Waals surface area contributed by atoms with Crippen molar-refractivity contribution in [2.75, 3.05) is 13.2 Å². The highest BCUT2D eigenvalue weighted by atomic mass is 32.2. The molecule has 1 heterocycles. The Hall–Kier alpha value is -3.16. The first kappa shape index (κ1) is 24.0. The predicted molar refractivity (Wildman–Crippen MR) is 132 cm³/mol. The summed E-state index contributed by atoms with van der Waals surface area (Å²) in [6, 6.07) is 21.7. The van der Waals surface area contributed by atoms with Crippen molar-refractivity contribution in [3.05, 3.63) is 95.1 Å². The maximum absolute atomic E-state index is 13.5. The van der Waals surface area contributed by atoms with Crippen LogP contribution in [-0.4, -0.2) is 31.8 Å². The summed E-state index contributed by atoms with van der Waals surface area (Å²) in [5, 5.41) is 2.95. The smallest absolute Gasteiger partial charge is 0.243 e. The number of carbonyl (C=O) groups is 1. The third kappa shape index (κ3) is 5.32. The highest BCUT2D eigenvalue weighted by molar-refractivity contribution is 7.89. The van der Waals surface area contributed by atoms with Gasteiger partial charge in [0.2, 0.25) is 15.9 Å². The van der Waals surface area contributed by atoms with Gasteiger partial charge in [-0.3, -0.25) is 4.79 Å². The van der Waals surface area contributed by atoms with Crippen molar-refractivity contribution in [1.82, 2.24) is 9.62 Å². The van der Waals surface area contributed by atoms with Crippen LogP contribution < -0.4 is 10.1 Å². The normalized spacial score (nSPS) is 16.0. The summed E-state index contributed by atoms with van der Waals surface area (Å²) in [4.78, 5) is 13.2. The highest BCUT2D eigenvalue weighted by Crippen LogP contribution is 2.36. The molecule has 1 amide bonds. The molecule has 0 saturated carbocycles. The zero-order valence-corrected chi connectivity index (χ0v) is 20.3. The van der Waals surface area contributed by atoms with Crippen LogP contribution in [0.3, 0.4) is 0 Å². The number of nitrogens with one attached hydrogen (secondary N) is 1. The maximum atomic E-state index is 13.5. The fourth-order valence-electron chi connectivity index (χ4n) is 4.29. The SMILES string of the molecule is CCOc1ccc(CNC(=O)CC2c3ccccc3CCN2S(=O)(=O)c2ccc(C)cc2)cc1. The molecule has 6 nitrogen and oxygen atoms in total. The van der Waals surface area contributed by atoms with Crippen molar-refractivity contribution in [3.63, 3.8) is 0 Å². The molecule has 7 heteroatoms. The minimum absolute atomic E-state index is 0.0547. The number of carbonyl (C=O) groups excluding carboxylic acids is 1. The summed E-state index contributed by atoms with van der Waals surface area (Å²) in [6.07, 6.45) is 0.671. The molecule has 1 unspecified atom stereocenters. The molecule has 1 aliphatic heterocycles. The first-order valence-corrected chi connectivity index (χ1v) is 13.0. The number of hydrogen-bond acceptors (Lipinski definition) is 4. The number of fused-ring (bicyclic) bond motifs is 1. The van der Waals surface area contributed by atoms with Crippen LogP contribution in [0.4, 0.5) is 0 Å². The molecule has 178 valence electrons. The van der Waals surface area contributed by atoms with Crippen LogP contribution in [0.1, 0.15) is 41.6 Å². The van der Waals surface area contributed by atoms with E-state index in [1.165, 1.54) is 4.31 Å². The number of amides is 1. The number of aryl methyl sites for hydroxylation is 1. The Labute approximate surface area is 201 Å². The molecule has 0 bridgehead atoms. The first-order chi connectivity index (χ1) is 16.4. The molecule has 3 aromatic carbocycles. The minimum atomic E-state index is -3.75. The van der Waals surface area contributed by atoms with Gasteiger partial charge in [0.05, 0.1) is 17.5 Å². The molecule has 0 spiro atoms. The van der Waals surface area contributed by atoms with E-state index in [0.29, 0.717) is 26.1 Å². The van der Waals surface area contributed by atoms with E-state index in [0.717, 1.165) is 28.0 Å². The van der Waals surface area contributed by atoms with E-state index >= 15 is 0 Å². The molecule has 0 saturated heterocycles. The van der Waals surface area contributed by atoms with Crippen LogP contribution in [0.15, 0.2) is 77.7 Å². The minimum Gasteiger partial charge on any atom is -0.494 e. The fourth-order valence-corrected chi connectivity index (χ4v) is 5.90. The van der Waals surface area contributed by atoms with Gasteiger partial charge in [-0.1, -0.05) is 54.1 Å². The van der Waals surface area contributed by atoms with E-state index < -0.39 is 16.1 Å². The summed E-state index contributed by atoms with van der Waals surface area (Å²) >= 11 is 0. The Morgan fingerprint density at radius 3 is 2.44 bits per heavy atom. The summed E-state index contributed by atoms with van der Waals surface area (Å²) in [5.41, 5.74) is 3.92. The van der Waals surface area contributed by atoms with Crippen LogP contribution in [0.5, 0.6) is 5.75 Å². The van der Waals surface area contributed by atoms with Gasteiger partial charge >= 0.3 is 0 Å². The summed E-state index contributed by atoms with van der Waals surface area (Å²) in [7, 11) is -3.75. The molecule has 0 fully saturated rings. The van der Waals surface area contributed by atoms with Crippen LogP contribution in [0.25, 0.3) is 0 Å². The molecule has 1 atom stereocenters. The third-order valence-electron chi connectivity index (χ3n) is 6.09. The van der Waals surface area contributed by atoms with Crippen molar-refractivity contribution < 1.29 is 17.9 Å². The molecule has 0 aliphatic carbocycles. The maximum Gasteiger partial charge on any atom is 0.243 e. The van der Waals surface area contributed by atoms with Crippen LogP contribution in [0, 0.1) is 6.92 Å². The molecular formula is C27H30N2O4S. The van der Waals surface area contributed by atoms with Crippen molar-refractivity contribution in [2.24, 2.45) is 0 Å². The quantitative estimate of drug-likeness (QED) is 0.521. The van der Waals surface area contributed by atoms with E-state index in [-0.39, 0.29) is 17.2 Å². The molecule has 0 radical (unpaired) electrons. The predicted octanol–water partition coefficient (Wildman–Crippen LogP) is 4.39. The third-order valence-corrected chi connectivity index (χ3v) is 8.02. The standard InChI is InChI=1S/C27H30N2O4S/c1-3-33-23-12-10-21(11-13-23)19-28-27(30)18-26-25-7-5-4-6-22(25)16-17-29(26)34(31,32)24-14-8-20(2)9-15-24/h4-15,26H,3,16-19H2,1-2H3,(H,28,30). The topological polar surface area (TPSA) is 75.7 Å². The van der Waals surface area contributed by atoms with Gasteiger partial charge in [-0.25, -0.2) is 8.42 Å². The number of sulfonamides is 1. The Morgan fingerprint density at radius 2 is 1.74 bits per heavy atom. The van der Waals surface area contributed by atoms with E-state index in [9.17, 15) is 13.2 Å². The van der Waals surface area contributed by atoms with Crippen LogP contribution >= 0.6 is 0 Å². The number of nitrogens with zero attached hydrogens (tertiary/aromatic N) is 1. The van der Waals surface area contributed by atoms with Gasteiger partial charge in [0.15, 0.2) is 0 Å². The molecule has 34 heavy (non-hydrogen) atoms. The monoisotopic (exact) mass is 478 g/mol. The second kappa shape index (κ2) is 10.4. The highest BCUT2D eigenvalue weighted by Gasteiger charge is 2.37. The van der Waals surface area contributed by atoms with E-state index in [2.05, 4.69) is 5.32 Å². The van der Waals surface area contributed by atoms with Crippen molar-refractivity contribution in [3.8, 4) is 5.75 Å². The first-order valence-electron chi connectivity index (χ1n) is 11.5. The van der Waals surface area contributed by atoms with Crippen LogP contribution in [-0.2, 0) is 27.8 Å². The number of ether oxygens (including phenoxy) is 1. The van der Waals surface area contributed by atoms with Gasteiger partial charge in [0.25, 0.3) is 0 Å². The number of benzene rings is 3. The van der Waals surface area contributed by atoms with Crippen LogP contribution in [0.2, 0.25) is 0 Å². The van der Waals surface area contributed by atoms with Crippen molar-refractivity contribution in [1.29, 1.82) is 0 Å². The lowest BCUT2D eigenvalue weighted by atomic mass is 9.92. The average Bonchev–Trinajstić information content (AvgIpc) is 2.84. The van der Waals surface area contributed by atoms with Gasteiger partial charge in [-0.2, -0.15) is 4.31 Å². The van der Waals surface area contributed by atoms with E-state index in [4.69, 9.17) is 4.74 Å². The van der Waals surface area contributed by atoms with Gasteiger partial charge in [0.1, 0.15) is 5.75 Å². The molecule has 4 rings (SSSR count). The molecular weight excluding hydrogens is 448 g/mol. The second-order valence-electron chi connectivity index (χ2n) is 8.45. The van der Waals surface area contributed by atoms with E-state index in [1.54, 1.807) is 24.3 Å². The lowest BCUT2D eigenvalue weighted by molar-refractivity contribution is -0.122. The summed E-state index contributed by atoms with van der Waals surface area (Å²) < 4.78 is 34.0. The Balaban J connectivity index is 1.53. The fraction of sp³-hybridized carbons (Fsp3) is 0.296. The Morgan fingerprint density at radius 1 is 1.03 bits per heavy atom. The van der Waals surface area contributed by atoms with Gasteiger partial charge < -0.3 is 10.1 Å². The number of rotatable bonds is 8. The van der Waals surface area contributed by atoms with Crippen molar-refractivity contribution >= 4 is 15.9 Å². The average molecular weight is 479 g/mol.